The molecule has 3 rings (SSSR count). The first-order valence-electron chi connectivity index (χ1n) is 7.33. The van der Waals surface area contributed by atoms with Crippen molar-refractivity contribution in [2.45, 2.75) is 13.0 Å². The lowest BCUT2D eigenvalue weighted by Gasteiger charge is -2.33. The molecule has 9 heteroatoms. The third kappa shape index (κ3) is 2.81. The number of anilines is 1. The molecule has 0 atom stereocenters. The van der Waals surface area contributed by atoms with Crippen molar-refractivity contribution in [2.24, 2.45) is 0 Å². The average Bonchev–Trinajstić information content (AvgIpc) is 2.54. The normalized spacial score (nSPS) is 20.2. The van der Waals surface area contributed by atoms with Crippen LogP contribution in [0, 0.1) is 0 Å². The van der Waals surface area contributed by atoms with Gasteiger partial charge in [-0.05, 0) is 6.42 Å². The molecule has 122 valence electrons. The molecule has 0 N–H and O–H groups in total. The molecule has 0 aromatic carbocycles. The Morgan fingerprint density at radius 3 is 2.59 bits per heavy atom. The van der Waals surface area contributed by atoms with Gasteiger partial charge in [-0.1, -0.05) is 0 Å². The molecule has 1 fully saturated rings. The van der Waals surface area contributed by atoms with Crippen LogP contribution in [0.1, 0.15) is 11.3 Å². The number of hydrogen-bond acceptors (Lipinski definition) is 6. The molecule has 1 saturated heterocycles. The van der Waals surface area contributed by atoms with Crippen molar-refractivity contribution in [1.82, 2.24) is 18.6 Å². The first-order valence-corrected chi connectivity index (χ1v) is 8.73. The molecule has 2 aliphatic rings. The highest BCUT2D eigenvalue weighted by molar-refractivity contribution is 7.86. The Hall–Kier alpha value is -1.29. The fourth-order valence-electron chi connectivity index (χ4n) is 2.79. The summed E-state index contributed by atoms with van der Waals surface area (Å²) in [6, 6.07) is 0. The van der Waals surface area contributed by atoms with Crippen LogP contribution in [-0.4, -0.2) is 73.9 Å². The summed E-state index contributed by atoms with van der Waals surface area (Å²) in [5.41, 5.74) is 1.86. The van der Waals surface area contributed by atoms with Crippen molar-refractivity contribution in [1.29, 1.82) is 0 Å². The summed E-state index contributed by atoms with van der Waals surface area (Å²) in [6.07, 6.45) is 2.16. The van der Waals surface area contributed by atoms with Crippen LogP contribution in [0.25, 0.3) is 0 Å². The minimum Gasteiger partial charge on any atom is -0.378 e. The molecule has 22 heavy (non-hydrogen) atoms. The number of aromatic nitrogens is 2. The Kier molecular flexibility index (Phi) is 4.31. The molecular weight excluding hydrogens is 306 g/mol. The van der Waals surface area contributed by atoms with Gasteiger partial charge in [-0.3, -0.25) is 0 Å². The van der Waals surface area contributed by atoms with E-state index in [0.717, 1.165) is 30.2 Å². The van der Waals surface area contributed by atoms with Gasteiger partial charge in [0.15, 0.2) is 0 Å². The van der Waals surface area contributed by atoms with E-state index >= 15 is 0 Å². The van der Waals surface area contributed by atoms with Gasteiger partial charge in [-0.25, -0.2) is 9.97 Å². The maximum absolute atomic E-state index is 12.3. The summed E-state index contributed by atoms with van der Waals surface area (Å²) in [6.45, 7) is 3.76. The van der Waals surface area contributed by atoms with Gasteiger partial charge in [0.05, 0.1) is 25.5 Å². The number of nitrogens with zero attached hydrogens (tertiary/aromatic N) is 5. The van der Waals surface area contributed by atoms with Crippen LogP contribution in [0.5, 0.6) is 0 Å². The second-order valence-electron chi connectivity index (χ2n) is 5.60. The van der Waals surface area contributed by atoms with E-state index < -0.39 is 10.2 Å². The molecule has 0 aliphatic carbocycles. The summed E-state index contributed by atoms with van der Waals surface area (Å²) in [4.78, 5) is 10.9. The van der Waals surface area contributed by atoms with Crippen molar-refractivity contribution in [2.75, 3.05) is 51.8 Å². The summed E-state index contributed by atoms with van der Waals surface area (Å²) in [7, 11) is -0.316. The van der Waals surface area contributed by atoms with Crippen LogP contribution in [0.4, 0.5) is 5.82 Å². The Bertz CT molecular complexity index is 643. The first-order chi connectivity index (χ1) is 10.5. The zero-order valence-electron chi connectivity index (χ0n) is 12.9. The average molecular weight is 327 g/mol. The van der Waals surface area contributed by atoms with Crippen molar-refractivity contribution < 1.29 is 13.2 Å². The quantitative estimate of drug-likeness (QED) is 0.743. The smallest absolute Gasteiger partial charge is 0.281 e. The van der Waals surface area contributed by atoms with Gasteiger partial charge < -0.3 is 9.64 Å². The predicted molar refractivity (Wildman–Crippen MR) is 81.8 cm³/mol. The topological polar surface area (TPSA) is 78.9 Å². The minimum atomic E-state index is -3.41. The van der Waals surface area contributed by atoms with Gasteiger partial charge in [-0.15, -0.1) is 0 Å². The third-order valence-electron chi connectivity index (χ3n) is 4.05. The monoisotopic (exact) mass is 327 g/mol. The van der Waals surface area contributed by atoms with Crippen molar-refractivity contribution >= 4 is 16.0 Å². The summed E-state index contributed by atoms with van der Waals surface area (Å²) in [5, 5.41) is 0. The van der Waals surface area contributed by atoms with E-state index in [1.54, 1.807) is 14.1 Å². The molecule has 1 aromatic rings. The van der Waals surface area contributed by atoms with Crippen molar-refractivity contribution in [3.63, 3.8) is 0 Å². The van der Waals surface area contributed by atoms with E-state index in [1.165, 1.54) is 14.9 Å². The summed E-state index contributed by atoms with van der Waals surface area (Å²) >= 11 is 0. The number of morpholine rings is 1. The largest absolute Gasteiger partial charge is 0.378 e. The van der Waals surface area contributed by atoms with Gasteiger partial charge in [0.25, 0.3) is 10.2 Å². The van der Waals surface area contributed by atoms with Crippen LogP contribution >= 0.6 is 0 Å². The Morgan fingerprint density at radius 2 is 1.91 bits per heavy atom. The lowest BCUT2D eigenvalue weighted by Crippen LogP contribution is -2.44. The third-order valence-corrected chi connectivity index (χ3v) is 5.93. The Labute approximate surface area is 130 Å². The van der Waals surface area contributed by atoms with Crippen LogP contribution in [0.15, 0.2) is 6.33 Å². The molecule has 0 bridgehead atoms. The molecule has 1 aromatic heterocycles. The highest BCUT2D eigenvalue weighted by Crippen LogP contribution is 2.27. The van der Waals surface area contributed by atoms with Crippen molar-refractivity contribution in [3.8, 4) is 0 Å². The van der Waals surface area contributed by atoms with Gasteiger partial charge in [-0.2, -0.15) is 17.0 Å². The van der Waals surface area contributed by atoms with E-state index in [0.29, 0.717) is 32.7 Å². The molecular formula is C13H21N5O3S. The van der Waals surface area contributed by atoms with Gasteiger partial charge >= 0.3 is 0 Å². The highest BCUT2D eigenvalue weighted by Gasteiger charge is 2.31. The van der Waals surface area contributed by atoms with E-state index in [9.17, 15) is 8.42 Å². The van der Waals surface area contributed by atoms with Gasteiger partial charge in [0, 0.05) is 39.3 Å². The number of rotatable bonds is 3. The standard InChI is InChI=1S/C13H21N5O3S/c1-16(2)22(19,20)18-4-3-11-12(9-18)14-10-15-13(11)17-5-7-21-8-6-17/h10H,3-9H2,1-2H3. The van der Waals surface area contributed by atoms with Gasteiger partial charge in [0.1, 0.15) is 12.1 Å². The minimum absolute atomic E-state index is 0.301. The predicted octanol–water partition coefficient (Wildman–Crippen LogP) is -0.522. The van der Waals surface area contributed by atoms with Crippen LogP contribution in [0.2, 0.25) is 0 Å². The second kappa shape index (κ2) is 6.07. The Morgan fingerprint density at radius 1 is 1.18 bits per heavy atom. The SMILES string of the molecule is CN(C)S(=O)(=O)N1CCc2c(ncnc2N2CCOCC2)C1. The van der Waals surface area contributed by atoms with E-state index in [1.807, 2.05) is 0 Å². The highest BCUT2D eigenvalue weighted by atomic mass is 32.2. The van der Waals surface area contributed by atoms with E-state index in [-0.39, 0.29) is 0 Å². The zero-order chi connectivity index (χ0) is 15.7. The maximum Gasteiger partial charge on any atom is 0.281 e. The molecule has 0 saturated carbocycles. The maximum atomic E-state index is 12.3. The van der Waals surface area contributed by atoms with Crippen LogP contribution in [0.3, 0.4) is 0 Å². The molecule has 0 amide bonds. The van der Waals surface area contributed by atoms with Crippen molar-refractivity contribution in [3.05, 3.63) is 17.6 Å². The number of ether oxygens (including phenoxy) is 1. The molecule has 0 spiro atoms. The number of hydrogen-bond donors (Lipinski definition) is 0. The van der Waals surface area contributed by atoms with E-state index in [4.69, 9.17) is 4.74 Å². The molecule has 3 heterocycles. The van der Waals surface area contributed by atoms with Crippen LogP contribution in [-0.2, 0) is 27.9 Å². The summed E-state index contributed by atoms with van der Waals surface area (Å²) < 4.78 is 32.6. The lowest BCUT2D eigenvalue weighted by atomic mass is 10.1. The first kappa shape index (κ1) is 15.6. The fourth-order valence-corrected chi connectivity index (χ4v) is 3.86. The molecule has 0 unspecified atom stereocenters. The second-order valence-corrected chi connectivity index (χ2v) is 7.74. The molecule has 0 radical (unpaired) electrons. The fraction of sp³-hybridized carbons (Fsp3) is 0.692. The molecule has 8 nitrogen and oxygen atoms in total. The zero-order valence-corrected chi connectivity index (χ0v) is 13.7. The van der Waals surface area contributed by atoms with Crippen LogP contribution < -0.4 is 4.90 Å². The van der Waals surface area contributed by atoms with Gasteiger partial charge in [0.2, 0.25) is 0 Å². The molecule has 2 aliphatic heterocycles. The lowest BCUT2D eigenvalue weighted by molar-refractivity contribution is 0.122. The summed E-state index contributed by atoms with van der Waals surface area (Å²) in [5.74, 6) is 0.926. The van der Waals surface area contributed by atoms with E-state index in [2.05, 4.69) is 14.9 Å². The number of fused-ring (bicyclic) bond motifs is 1. The Balaban J connectivity index is 1.87.